The Bertz CT molecular complexity index is 691. The largest absolute Gasteiger partial charge is 1.00 e. The number of fused-ring (bicyclic) bond motifs is 5. The summed E-state index contributed by atoms with van der Waals surface area (Å²) in [6.45, 7) is 9.46. The Balaban J connectivity index is 0.00000231. The molecule has 4 saturated carbocycles. The minimum atomic E-state index is -0.106. The third-order valence-corrected chi connectivity index (χ3v) is 11.8. The smallest absolute Gasteiger partial charge is 0.133 e. The van der Waals surface area contributed by atoms with Crippen molar-refractivity contribution in [2.45, 2.75) is 104 Å². The van der Waals surface area contributed by atoms with Gasteiger partial charge in [-0.3, -0.25) is 4.79 Å². The summed E-state index contributed by atoms with van der Waals surface area (Å²) < 4.78 is 1.12. The molecule has 0 bridgehead atoms. The number of hydrogen-bond donors (Lipinski definition) is 1. The molecule has 5 aliphatic rings. The predicted octanol–water partition coefficient (Wildman–Crippen LogP) is 2.21. The van der Waals surface area contributed by atoms with Crippen LogP contribution in [0.25, 0.3) is 0 Å². The van der Waals surface area contributed by atoms with Crippen molar-refractivity contribution in [1.29, 1.82) is 0 Å². The van der Waals surface area contributed by atoms with Gasteiger partial charge in [0.1, 0.15) is 17.9 Å². The minimum absolute atomic E-state index is 0. The fourth-order valence-corrected chi connectivity index (χ4v) is 10.1. The Morgan fingerprint density at radius 2 is 1.61 bits per heavy atom. The maximum atomic E-state index is 12.4. The van der Waals surface area contributed by atoms with Crippen LogP contribution in [-0.2, 0) is 4.79 Å². The molecule has 1 saturated heterocycles. The van der Waals surface area contributed by atoms with Gasteiger partial charge in [-0.05, 0) is 106 Å². The molecule has 1 N–H and O–H groups in total. The van der Waals surface area contributed by atoms with Crippen LogP contribution in [0.5, 0.6) is 0 Å². The van der Waals surface area contributed by atoms with Crippen molar-refractivity contribution in [3.63, 3.8) is 0 Å². The number of nitrogens with zero attached hydrogens (tertiary/aromatic N) is 1. The summed E-state index contributed by atoms with van der Waals surface area (Å²) >= 11 is 0. The van der Waals surface area contributed by atoms with Gasteiger partial charge in [0.25, 0.3) is 0 Å². The molecular weight excluding hydrogens is 450 g/mol. The van der Waals surface area contributed by atoms with Crippen LogP contribution >= 0.6 is 0 Å². The number of carbonyl (C=O) groups is 1. The van der Waals surface area contributed by atoms with Gasteiger partial charge in [0, 0.05) is 12.3 Å². The van der Waals surface area contributed by atoms with Gasteiger partial charge in [-0.15, -0.1) is 0 Å². The average Bonchev–Trinajstić information content (AvgIpc) is 3.06. The van der Waals surface area contributed by atoms with E-state index in [-0.39, 0.29) is 28.5 Å². The molecule has 0 aromatic rings. The Hall–Kier alpha value is 0.0700. The summed E-state index contributed by atoms with van der Waals surface area (Å²) in [7, 11) is 2.45. The number of aliphatic hydroxyl groups excluding tert-OH is 1. The van der Waals surface area contributed by atoms with Gasteiger partial charge in [0.2, 0.25) is 0 Å². The van der Waals surface area contributed by atoms with Crippen LogP contribution in [0.3, 0.4) is 0 Å². The number of halogens is 1. The minimum Gasteiger partial charge on any atom is -1.00 e. The van der Waals surface area contributed by atoms with Crippen molar-refractivity contribution in [3.8, 4) is 0 Å². The molecule has 0 spiro atoms. The van der Waals surface area contributed by atoms with E-state index in [0.717, 1.165) is 35.1 Å². The van der Waals surface area contributed by atoms with Crippen molar-refractivity contribution < 1.29 is 31.4 Å². The maximum Gasteiger partial charge on any atom is 0.133 e. The molecule has 9 atom stereocenters. The van der Waals surface area contributed by atoms with Crippen molar-refractivity contribution >= 4 is 5.78 Å². The molecule has 4 aliphatic carbocycles. The molecule has 0 radical (unpaired) electrons. The number of hydrogen-bond acceptors (Lipinski definition) is 2. The van der Waals surface area contributed by atoms with E-state index >= 15 is 0 Å². The molecule has 0 amide bonds. The highest BCUT2D eigenvalue weighted by atomic mass is 79.9. The van der Waals surface area contributed by atoms with Crippen molar-refractivity contribution in [3.05, 3.63) is 0 Å². The molecule has 5 fully saturated rings. The lowest BCUT2D eigenvalue weighted by molar-refractivity contribution is -0.943. The maximum absolute atomic E-state index is 12.4. The second-order valence-corrected chi connectivity index (χ2v) is 13.0. The van der Waals surface area contributed by atoms with E-state index in [2.05, 4.69) is 20.9 Å². The molecule has 0 aromatic carbocycles. The number of carbonyl (C=O) groups excluding carboxylic acids is 1. The first-order valence-electron chi connectivity index (χ1n) is 13.2. The van der Waals surface area contributed by atoms with Crippen molar-refractivity contribution in [2.24, 2.45) is 40.4 Å². The zero-order valence-electron chi connectivity index (χ0n) is 20.4. The second-order valence-electron chi connectivity index (χ2n) is 13.0. The fraction of sp³-hybridized carbons (Fsp3) is 0.963. The van der Waals surface area contributed by atoms with Crippen LogP contribution in [0.2, 0.25) is 0 Å². The molecule has 3 nitrogen and oxygen atoms in total. The van der Waals surface area contributed by atoms with Gasteiger partial charge in [0.05, 0.1) is 20.1 Å². The third kappa shape index (κ3) is 3.60. The average molecular weight is 497 g/mol. The highest BCUT2D eigenvalue weighted by Crippen LogP contribution is 2.67. The van der Waals surface area contributed by atoms with E-state index in [0.29, 0.717) is 29.1 Å². The van der Waals surface area contributed by atoms with Crippen LogP contribution in [0.15, 0.2) is 0 Å². The topological polar surface area (TPSA) is 37.3 Å². The summed E-state index contributed by atoms with van der Waals surface area (Å²) in [6, 6.07) is 0.437. The Morgan fingerprint density at radius 1 is 0.935 bits per heavy atom. The number of Topliss-reactive ketones (excluding diaryl/α,β-unsaturated/α-hetero) is 1. The molecule has 3 unspecified atom stereocenters. The number of ketones is 1. The summed E-state index contributed by atoms with van der Waals surface area (Å²) in [5.41, 5.74) is 0.649. The third-order valence-electron chi connectivity index (χ3n) is 11.8. The van der Waals surface area contributed by atoms with Gasteiger partial charge < -0.3 is 26.6 Å². The summed E-state index contributed by atoms with van der Waals surface area (Å²) in [6.07, 6.45) is 13.8. The van der Waals surface area contributed by atoms with Crippen LogP contribution in [0.1, 0.15) is 91.4 Å². The van der Waals surface area contributed by atoms with E-state index in [1.54, 1.807) is 0 Å². The lowest BCUT2D eigenvalue weighted by Crippen LogP contribution is -3.00. The van der Waals surface area contributed by atoms with E-state index in [9.17, 15) is 9.90 Å². The Labute approximate surface area is 201 Å². The number of piperidine rings is 1. The molecular formula is C27H46BrNO2. The van der Waals surface area contributed by atoms with E-state index in [1.807, 2.05) is 6.92 Å². The summed E-state index contributed by atoms with van der Waals surface area (Å²) in [4.78, 5) is 12.4. The number of quaternary nitrogens is 1. The molecule has 0 aromatic heterocycles. The molecule has 4 heteroatoms. The van der Waals surface area contributed by atoms with Gasteiger partial charge in [-0.2, -0.15) is 0 Å². The molecule has 1 heterocycles. The van der Waals surface area contributed by atoms with Crippen LogP contribution in [-0.4, -0.2) is 47.7 Å². The number of rotatable bonds is 2. The van der Waals surface area contributed by atoms with Gasteiger partial charge >= 0.3 is 0 Å². The standard InChI is InChI=1S/C27H46NO2.BrH/c1-18(29)21-10-11-22-20-9-8-19-16-25(30)24(28(4)14-6-5-7-15-28)17-27(19,3)23(20)12-13-26(21,22)2;/h19-25,30H,5-17H2,1-4H3;1H/q+1;/p-1/t19-,20?,21+,22?,23?,24-,25-,26+,27-;/m0./s1. The fourth-order valence-electron chi connectivity index (χ4n) is 10.1. The number of likely N-dealkylation sites (N-methyl/N-ethyl adjacent to an activating group) is 1. The molecule has 5 rings (SSSR count). The quantitative estimate of drug-likeness (QED) is 0.596. The van der Waals surface area contributed by atoms with Crippen molar-refractivity contribution in [1.82, 2.24) is 0 Å². The van der Waals surface area contributed by atoms with E-state index in [4.69, 9.17) is 0 Å². The Kier molecular flexibility index (Phi) is 6.54. The van der Waals surface area contributed by atoms with Gasteiger partial charge in [0.15, 0.2) is 0 Å². The first kappa shape index (κ1) is 24.2. The first-order valence-corrected chi connectivity index (χ1v) is 13.2. The lowest BCUT2D eigenvalue weighted by atomic mass is 9.44. The second kappa shape index (κ2) is 8.38. The summed E-state index contributed by atoms with van der Waals surface area (Å²) in [5, 5.41) is 11.3. The predicted molar refractivity (Wildman–Crippen MR) is 121 cm³/mol. The normalized spacial score (nSPS) is 51.1. The van der Waals surface area contributed by atoms with Crippen LogP contribution in [0.4, 0.5) is 0 Å². The summed E-state index contributed by atoms with van der Waals surface area (Å²) in [5.74, 6) is 3.85. The zero-order chi connectivity index (χ0) is 21.3. The SMILES string of the molecule is CC(=O)[C@H]1CCC2C3CC[C@H]4C[C@H](O)[C@@H]([N+]5(C)CCCCC5)C[C@]4(C)C3CC[C@@]21C.[Br-]. The van der Waals surface area contributed by atoms with Crippen LogP contribution < -0.4 is 17.0 Å². The molecule has 178 valence electrons. The molecule has 31 heavy (non-hydrogen) atoms. The lowest BCUT2D eigenvalue weighted by Gasteiger charge is -2.63. The monoisotopic (exact) mass is 495 g/mol. The number of likely N-dealkylation sites (tertiary alicyclic amines) is 1. The Morgan fingerprint density at radius 3 is 2.29 bits per heavy atom. The van der Waals surface area contributed by atoms with Gasteiger partial charge in [-0.1, -0.05) is 13.8 Å². The molecule has 1 aliphatic heterocycles. The number of aliphatic hydroxyl groups is 1. The van der Waals surface area contributed by atoms with Crippen LogP contribution in [0, 0.1) is 40.4 Å². The highest BCUT2D eigenvalue weighted by molar-refractivity contribution is 5.79. The zero-order valence-corrected chi connectivity index (χ0v) is 22.0. The first-order chi connectivity index (χ1) is 14.2. The van der Waals surface area contributed by atoms with Crippen molar-refractivity contribution in [2.75, 3.05) is 20.1 Å². The van der Waals surface area contributed by atoms with E-state index in [1.165, 1.54) is 70.9 Å². The van der Waals surface area contributed by atoms with E-state index < -0.39 is 0 Å². The highest BCUT2D eigenvalue weighted by Gasteiger charge is 2.63. The van der Waals surface area contributed by atoms with Gasteiger partial charge in [-0.25, -0.2) is 0 Å².